The van der Waals surface area contributed by atoms with Crippen LogP contribution in [-0.4, -0.2) is 33.6 Å². The zero-order chi connectivity index (χ0) is 54.9. The van der Waals surface area contributed by atoms with Crippen LogP contribution in [0.3, 0.4) is 0 Å². The first kappa shape index (κ1) is 49.9. The van der Waals surface area contributed by atoms with Crippen LogP contribution in [0.5, 0.6) is 0 Å². The molecule has 0 N–H and O–H groups in total. The molecule has 7 heteroatoms. The van der Waals surface area contributed by atoms with E-state index in [0.29, 0.717) is 5.82 Å². The number of hydrogen-bond acceptors (Lipinski definition) is 4. The van der Waals surface area contributed by atoms with Crippen LogP contribution in [0.2, 0.25) is 0 Å². The molecule has 0 aliphatic carbocycles. The van der Waals surface area contributed by atoms with Gasteiger partial charge in [0.15, 0.2) is 5.82 Å². The number of hydrogen-bond donors (Lipinski definition) is 0. The Bertz CT molecular complexity index is 4140. The molecule has 0 aliphatic heterocycles. The van der Waals surface area contributed by atoms with Crippen molar-refractivity contribution in [3.63, 3.8) is 0 Å². The molecular formula is C72H67N7. The van der Waals surface area contributed by atoms with Gasteiger partial charge < -0.3 is 13.7 Å². The summed E-state index contributed by atoms with van der Waals surface area (Å²) < 4.78 is 7.48. The molecule has 7 nitrogen and oxygen atoms in total. The van der Waals surface area contributed by atoms with E-state index in [4.69, 9.17) is 19.9 Å². The van der Waals surface area contributed by atoms with Crippen molar-refractivity contribution in [2.24, 2.45) is 0 Å². The van der Waals surface area contributed by atoms with Gasteiger partial charge in [0, 0.05) is 50.6 Å². The molecule has 0 aliphatic rings. The van der Waals surface area contributed by atoms with Crippen molar-refractivity contribution in [1.29, 1.82) is 0 Å². The third-order valence-corrected chi connectivity index (χ3v) is 16.2. The second-order valence-electron chi connectivity index (χ2n) is 25.7. The molecular weight excluding hydrogens is 963 g/mol. The van der Waals surface area contributed by atoms with E-state index in [2.05, 4.69) is 255 Å². The van der Waals surface area contributed by atoms with Crippen molar-refractivity contribution in [2.45, 2.75) is 105 Å². The largest absolute Gasteiger partial charge is 0.307 e. The van der Waals surface area contributed by atoms with Gasteiger partial charge in [-0.25, -0.2) is 9.97 Å². The third-order valence-electron chi connectivity index (χ3n) is 16.2. The summed E-state index contributed by atoms with van der Waals surface area (Å²) in [5.74, 6) is 0.659. The molecule has 0 spiro atoms. The van der Waals surface area contributed by atoms with Crippen molar-refractivity contribution in [1.82, 2.24) is 33.6 Å². The molecule has 0 unspecified atom stereocenters. The first-order valence-electron chi connectivity index (χ1n) is 27.8. The van der Waals surface area contributed by atoms with E-state index in [1.54, 1.807) is 0 Å². The Morgan fingerprint density at radius 2 is 0.658 bits per heavy atom. The number of pyridine rings is 2. The van der Waals surface area contributed by atoms with Gasteiger partial charge in [-0.05, 0) is 135 Å². The minimum Gasteiger partial charge on any atom is -0.307 e. The Morgan fingerprint density at radius 3 is 1.03 bits per heavy atom. The Morgan fingerprint density at radius 1 is 0.304 bits per heavy atom. The molecule has 0 fully saturated rings. The molecule has 7 aromatic carbocycles. The summed E-state index contributed by atoms with van der Waals surface area (Å²) in [6, 6.07) is 64.8. The molecule has 0 saturated heterocycles. The number of benzene rings is 7. The van der Waals surface area contributed by atoms with Crippen LogP contribution in [0, 0.1) is 0 Å². The summed E-state index contributed by atoms with van der Waals surface area (Å²) in [5.41, 5.74) is 20.4. The maximum Gasteiger partial charge on any atom is 0.160 e. The quantitative estimate of drug-likeness (QED) is 0.166. The fraction of sp³-hybridized carbons (Fsp3) is 0.222. The Kier molecular flexibility index (Phi) is 11.3. The van der Waals surface area contributed by atoms with Gasteiger partial charge in [0.05, 0.1) is 61.6 Å². The van der Waals surface area contributed by atoms with E-state index in [-0.39, 0.29) is 21.7 Å². The van der Waals surface area contributed by atoms with E-state index in [9.17, 15) is 0 Å². The summed E-state index contributed by atoms with van der Waals surface area (Å²) in [4.78, 5) is 21.1. The molecule has 0 radical (unpaired) electrons. The van der Waals surface area contributed by atoms with Crippen LogP contribution >= 0.6 is 0 Å². The molecule has 79 heavy (non-hydrogen) atoms. The average molecular weight is 1030 g/mol. The molecule has 390 valence electrons. The minimum absolute atomic E-state index is 0.0817. The molecule has 0 saturated carbocycles. The van der Waals surface area contributed by atoms with E-state index < -0.39 is 0 Å². The number of nitrogens with zero attached hydrogens (tertiary/aromatic N) is 7. The first-order valence-corrected chi connectivity index (χ1v) is 27.8. The summed E-state index contributed by atoms with van der Waals surface area (Å²) in [5, 5.41) is 4.83. The Hall–Kier alpha value is -8.68. The van der Waals surface area contributed by atoms with Crippen LogP contribution < -0.4 is 0 Å². The minimum atomic E-state index is -0.0817. The van der Waals surface area contributed by atoms with Gasteiger partial charge >= 0.3 is 0 Å². The fourth-order valence-electron chi connectivity index (χ4n) is 11.7. The van der Waals surface area contributed by atoms with Crippen molar-refractivity contribution in [2.75, 3.05) is 0 Å². The van der Waals surface area contributed by atoms with E-state index in [0.717, 1.165) is 89.3 Å². The first-order chi connectivity index (χ1) is 37.7. The van der Waals surface area contributed by atoms with Crippen LogP contribution in [0.25, 0.3) is 117 Å². The lowest BCUT2D eigenvalue weighted by Gasteiger charge is -2.24. The maximum atomic E-state index is 5.58. The SMILES string of the molecule is CC(C)(C)c1ccc2c(c1)c1cc(C(C)(C)C)ccc1n2-c1cc(-c2cc(-c3ccccc3)nc(-c3ccccc3)n2)cc(-n2c3ccc(C(C)(C)C)cc3c3cc(C(C)(C)C)ccc32)c1-n1c2cccnc2c2ncccc21. The zero-order valence-electron chi connectivity index (χ0n) is 47.5. The summed E-state index contributed by atoms with van der Waals surface area (Å²) in [6.45, 7) is 27.7. The topological polar surface area (TPSA) is 66.3 Å². The Labute approximate surface area is 463 Å². The van der Waals surface area contributed by atoms with Gasteiger partial charge in [-0.3, -0.25) is 9.97 Å². The molecule has 0 atom stereocenters. The summed E-state index contributed by atoms with van der Waals surface area (Å²) >= 11 is 0. The predicted molar refractivity (Wildman–Crippen MR) is 332 cm³/mol. The van der Waals surface area contributed by atoms with Gasteiger partial charge in [0.1, 0.15) is 11.0 Å². The normalized spacial score (nSPS) is 12.8. The number of aromatic nitrogens is 7. The van der Waals surface area contributed by atoms with Crippen molar-refractivity contribution < 1.29 is 0 Å². The lowest BCUT2D eigenvalue weighted by atomic mass is 9.85. The van der Waals surface area contributed by atoms with E-state index in [1.807, 2.05) is 30.6 Å². The van der Waals surface area contributed by atoms with Gasteiger partial charge in [0.2, 0.25) is 0 Å². The Balaban J connectivity index is 1.28. The molecule has 13 rings (SSSR count). The summed E-state index contributed by atoms with van der Waals surface area (Å²) in [7, 11) is 0. The second kappa shape index (κ2) is 17.9. The van der Waals surface area contributed by atoms with E-state index in [1.165, 1.54) is 43.8 Å². The zero-order valence-corrected chi connectivity index (χ0v) is 47.5. The van der Waals surface area contributed by atoms with Crippen LogP contribution in [-0.2, 0) is 21.7 Å². The second-order valence-corrected chi connectivity index (χ2v) is 25.7. The van der Waals surface area contributed by atoms with Crippen molar-refractivity contribution >= 4 is 65.7 Å². The summed E-state index contributed by atoms with van der Waals surface area (Å²) in [6.07, 6.45) is 3.77. The van der Waals surface area contributed by atoms with Gasteiger partial charge in [-0.15, -0.1) is 0 Å². The maximum absolute atomic E-state index is 5.58. The highest BCUT2D eigenvalue weighted by Gasteiger charge is 2.30. The monoisotopic (exact) mass is 1030 g/mol. The fourth-order valence-corrected chi connectivity index (χ4v) is 11.7. The molecule has 13 aromatic rings. The average Bonchev–Trinajstić information content (AvgIpc) is 3.65. The van der Waals surface area contributed by atoms with Crippen LogP contribution in [0.4, 0.5) is 0 Å². The van der Waals surface area contributed by atoms with Crippen LogP contribution in [0.1, 0.15) is 105 Å². The lowest BCUT2D eigenvalue weighted by molar-refractivity contribution is 0.590. The van der Waals surface area contributed by atoms with Gasteiger partial charge in [-0.2, -0.15) is 0 Å². The number of fused-ring (bicyclic) bond motifs is 9. The van der Waals surface area contributed by atoms with E-state index >= 15 is 0 Å². The molecule has 6 heterocycles. The highest BCUT2D eigenvalue weighted by Crippen LogP contribution is 2.47. The van der Waals surface area contributed by atoms with Gasteiger partial charge in [0.25, 0.3) is 0 Å². The third kappa shape index (κ3) is 8.41. The molecule has 0 amide bonds. The molecule has 6 aromatic heterocycles. The predicted octanol–water partition coefficient (Wildman–Crippen LogP) is 18.7. The lowest BCUT2D eigenvalue weighted by Crippen LogP contribution is -2.12. The highest BCUT2D eigenvalue weighted by atomic mass is 15.1. The molecule has 0 bridgehead atoms. The van der Waals surface area contributed by atoms with Crippen LogP contribution in [0.15, 0.2) is 188 Å². The highest BCUT2D eigenvalue weighted by molar-refractivity contribution is 6.13. The van der Waals surface area contributed by atoms with Gasteiger partial charge in [-0.1, -0.05) is 168 Å². The van der Waals surface area contributed by atoms with Crippen molar-refractivity contribution in [3.8, 4) is 51.0 Å². The van der Waals surface area contributed by atoms with Crippen molar-refractivity contribution in [3.05, 3.63) is 211 Å². The smallest absolute Gasteiger partial charge is 0.160 e. The number of rotatable bonds is 6. The standard InChI is InChI=1S/C72H67N7/c1-69(2,3)47-27-31-57-51(39-47)52-40-48(70(4,5)6)28-32-58(52)77(57)63-37-46(56-43-55(44-21-15-13-16-22-44)75-68(76-56)45-23-17-14-18-24-45)38-64(67(63)79-61-25-19-35-73-65(61)66-62(79)26-20-36-74-66)78-59-33-29-49(71(7,8)9)41-53(59)54-42-50(72(10,11)12)30-34-60(54)78/h13-43H,1-12H3.